The largest absolute Gasteiger partial charge is 0.453 e. The highest BCUT2D eigenvalue weighted by Gasteiger charge is 2.39. The molecule has 5 heterocycles. The molecule has 0 bridgehead atoms. The summed E-state index contributed by atoms with van der Waals surface area (Å²) in [6, 6.07) is 16.6. The van der Waals surface area contributed by atoms with Crippen molar-refractivity contribution in [3.05, 3.63) is 78.6 Å². The first kappa shape index (κ1) is 40.0. The van der Waals surface area contributed by atoms with Crippen LogP contribution < -0.4 is 10.6 Å². The van der Waals surface area contributed by atoms with E-state index < -0.39 is 24.3 Å². The highest BCUT2D eigenvalue weighted by molar-refractivity contribution is 5.88. The number of pyridine rings is 1. The number of rotatable bonds is 11. The standard InChI is InChI=1S/C43H51N9O6/c1-24(2)36(49-42(55)57-5)40(53)51-19-7-9-34(51)38-44-22-32(47-38)27-13-11-26(12-14-27)28-15-17-30-29(21-28)16-18-31(46-30)33-23-45-39(48-33)35-10-8-20-52(35)41(54)37(25(3)4)50-43(56)58-6/h11-18,21-25,34-37H,7-10,19-20H2,1-6H3,(H,44,47)(H,45,48)(H,49,55)(H,50,56)/t34-,35?,36-,37-/m0/s1. The molecule has 4 N–H and O–H groups in total. The number of imidazole rings is 2. The Bertz CT molecular complexity index is 2280. The Morgan fingerprint density at radius 2 is 1.28 bits per heavy atom. The van der Waals surface area contributed by atoms with Crippen LogP contribution in [-0.4, -0.2) is 98.1 Å². The highest BCUT2D eigenvalue weighted by Crippen LogP contribution is 2.35. The fourth-order valence-corrected chi connectivity index (χ4v) is 7.97. The molecular weight excluding hydrogens is 739 g/mol. The summed E-state index contributed by atoms with van der Waals surface area (Å²) in [7, 11) is 2.58. The Morgan fingerprint density at radius 3 is 1.86 bits per heavy atom. The molecule has 5 aromatic rings. The van der Waals surface area contributed by atoms with Gasteiger partial charge in [-0.1, -0.05) is 64.1 Å². The van der Waals surface area contributed by atoms with E-state index in [-0.39, 0.29) is 35.7 Å². The molecular formula is C43H51N9O6. The van der Waals surface area contributed by atoms with E-state index in [9.17, 15) is 19.2 Å². The number of hydrogen-bond donors (Lipinski definition) is 4. The number of alkyl carbamates (subject to hydrolysis) is 2. The minimum Gasteiger partial charge on any atom is -0.453 e. The minimum atomic E-state index is -0.700. The maximum absolute atomic E-state index is 13.6. The molecule has 58 heavy (non-hydrogen) atoms. The van der Waals surface area contributed by atoms with Crippen molar-refractivity contribution in [3.8, 4) is 33.8 Å². The summed E-state index contributed by atoms with van der Waals surface area (Å²) in [5, 5.41) is 6.38. The molecule has 2 fully saturated rings. The van der Waals surface area contributed by atoms with Gasteiger partial charge in [0.2, 0.25) is 11.8 Å². The van der Waals surface area contributed by atoms with Crippen molar-refractivity contribution in [2.75, 3.05) is 27.3 Å². The van der Waals surface area contributed by atoms with Crippen molar-refractivity contribution in [1.82, 2.24) is 45.4 Å². The van der Waals surface area contributed by atoms with Gasteiger partial charge < -0.3 is 39.9 Å². The fourth-order valence-electron chi connectivity index (χ4n) is 7.97. The number of nitrogens with zero attached hydrogens (tertiary/aromatic N) is 5. The van der Waals surface area contributed by atoms with Crippen molar-refractivity contribution in [1.29, 1.82) is 0 Å². The molecule has 4 atom stereocenters. The molecule has 4 amide bonds. The summed E-state index contributed by atoms with van der Waals surface area (Å²) in [4.78, 5) is 75.9. The van der Waals surface area contributed by atoms with Gasteiger partial charge in [0.1, 0.15) is 29.4 Å². The first-order valence-corrected chi connectivity index (χ1v) is 19.9. The van der Waals surface area contributed by atoms with Crippen LogP contribution in [0.25, 0.3) is 44.7 Å². The van der Waals surface area contributed by atoms with E-state index in [1.165, 1.54) is 14.2 Å². The molecule has 3 aromatic heterocycles. The fraction of sp³-hybridized carbons (Fsp3) is 0.419. The minimum absolute atomic E-state index is 0.108. The first-order chi connectivity index (χ1) is 27.9. The molecule has 0 saturated carbocycles. The average molecular weight is 790 g/mol. The van der Waals surface area contributed by atoms with Gasteiger partial charge >= 0.3 is 12.2 Å². The van der Waals surface area contributed by atoms with Crippen LogP contribution in [0.2, 0.25) is 0 Å². The number of carbonyl (C=O) groups is 4. The maximum Gasteiger partial charge on any atom is 0.407 e. The number of hydrogen-bond acceptors (Lipinski definition) is 9. The van der Waals surface area contributed by atoms with Crippen LogP contribution in [0.5, 0.6) is 0 Å². The number of nitrogens with one attached hydrogen (secondary N) is 4. The van der Waals surface area contributed by atoms with Gasteiger partial charge in [-0.05, 0) is 72.4 Å². The van der Waals surface area contributed by atoms with E-state index in [4.69, 9.17) is 19.4 Å². The number of aromatic amines is 2. The molecule has 0 radical (unpaired) electrons. The number of fused-ring (bicyclic) bond motifs is 1. The summed E-state index contributed by atoms with van der Waals surface area (Å²) in [5.41, 5.74) is 6.17. The molecule has 2 aliphatic rings. The van der Waals surface area contributed by atoms with Gasteiger partial charge in [-0.15, -0.1) is 0 Å². The summed E-state index contributed by atoms with van der Waals surface area (Å²) >= 11 is 0. The van der Waals surface area contributed by atoms with Crippen molar-refractivity contribution < 1.29 is 28.7 Å². The van der Waals surface area contributed by atoms with Crippen molar-refractivity contribution in [3.63, 3.8) is 0 Å². The van der Waals surface area contributed by atoms with E-state index in [0.29, 0.717) is 24.6 Å². The van der Waals surface area contributed by atoms with Gasteiger partial charge in [0.25, 0.3) is 0 Å². The summed E-state index contributed by atoms with van der Waals surface area (Å²) in [6.45, 7) is 8.76. The Kier molecular flexibility index (Phi) is 11.8. The van der Waals surface area contributed by atoms with Crippen LogP contribution in [0, 0.1) is 11.8 Å². The molecule has 2 aliphatic heterocycles. The SMILES string of the molecule is COC(=O)N[C@H](C(=O)N1CCCC1c1nc(-c2ccc3cc(-c4ccc(-c5cnc([C@@H]6CCCN6C(=O)[C@@H](NC(=O)OC)C(C)C)[nH]5)cc4)ccc3n2)c[nH]1)C(C)C. The number of likely N-dealkylation sites (tertiary alicyclic amines) is 2. The van der Waals surface area contributed by atoms with Gasteiger partial charge in [-0.3, -0.25) is 9.59 Å². The molecule has 304 valence electrons. The van der Waals surface area contributed by atoms with Crippen LogP contribution >= 0.6 is 0 Å². The second-order valence-corrected chi connectivity index (χ2v) is 15.6. The van der Waals surface area contributed by atoms with E-state index in [2.05, 4.69) is 62.0 Å². The summed E-state index contributed by atoms with van der Waals surface area (Å²) in [5.74, 6) is 0.891. The van der Waals surface area contributed by atoms with Crippen molar-refractivity contribution in [2.45, 2.75) is 77.5 Å². The zero-order chi connectivity index (χ0) is 41.1. The highest BCUT2D eigenvalue weighted by atomic mass is 16.5. The molecule has 2 saturated heterocycles. The predicted molar refractivity (Wildman–Crippen MR) is 218 cm³/mol. The number of H-pyrrole nitrogens is 2. The van der Waals surface area contributed by atoms with Crippen LogP contribution in [-0.2, 0) is 19.1 Å². The molecule has 7 rings (SSSR count). The molecule has 15 nitrogen and oxygen atoms in total. The Labute approximate surface area is 337 Å². The summed E-state index contributed by atoms with van der Waals surface area (Å²) in [6.07, 6.45) is 5.59. The van der Waals surface area contributed by atoms with Gasteiger partial charge in [0, 0.05) is 24.7 Å². The van der Waals surface area contributed by atoms with Crippen LogP contribution in [0.15, 0.2) is 67.0 Å². The second-order valence-electron chi connectivity index (χ2n) is 15.6. The van der Waals surface area contributed by atoms with Gasteiger partial charge in [0.05, 0.1) is 49.4 Å². The number of benzene rings is 2. The topological polar surface area (TPSA) is 188 Å². The zero-order valence-electron chi connectivity index (χ0n) is 33.7. The lowest BCUT2D eigenvalue weighted by molar-refractivity contribution is -0.136. The molecule has 2 aromatic carbocycles. The van der Waals surface area contributed by atoms with E-state index in [1.807, 2.05) is 52.1 Å². The quantitative estimate of drug-likeness (QED) is 0.112. The van der Waals surface area contributed by atoms with Crippen LogP contribution in [0.4, 0.5) is 9.59 Å². The molecule has 1 unspecified atom stereocenters. The zero-order valence-corrected chi connectivity index (χ0v) is 33.7. The van der Waals surface area contributed by atoms with Crippen LogP contribution in [0.1, 0.15) is 77.1 Å². The van der Waals surface area contributed by atoms with Crippen molar-refractivity contribution >= 4 is 34.9 Å². The monoisotopic (exact) mass is 789 g/mol. The number of aromatic nitrogens is 5. The lowest BCUT2D eigenvalue weighted by atomic mass is 10.0. The van der Waals surface area contributed by atoms with E-state index >= 15 is 0 Å². The average Bonchev–Trinajstić information content (AvgIpc) is 4.07. The third kappa shape index (κ3) is 8.25. The lowest BCUT2D eigenvalue weighted by Crippen LogP contribution is -2.51. The van der Waals surface area contributed by atoms with E-state index in [0.717, 1.165) is 70.5 Å². The molecule has 15 heteroatoms. The van der Waals surface area contributed by atoms with Gasteiger partial charge in [-0.25, -0.2) is 24.5 Å². The third-order valence-corrected chi connectivity index (χ3v) is 11.2. The van der Waals surface area contributed by atoms with Crippen molar-refractivity contribution in [2.24, 2.45) is 11.8 Å². The molecule has 0 aliphatic carbocycles. The van der Waals surface area contributed by atoms with Crippen LogP contribution in [0.3, 0.4) is 0 Å². The number of amides is 4. The normalized spacial score (nSPS) is 17.8. The Morgan fingerprint density at radius 1 is 0.707 bits per heavy atom. The van der Waals surface area contributed by atoms with E-state index in [1.54, 1.807) is 16.0 Å². The maximum atomic E-state index is 13.6. The summed E-state index contributed by atoms with van der Waals surface area (Å²) < 4.78 is 9.52. The van der Waals surface area contributed by atoms with Gasteiger partial charge in [0.15, 0.2) is 0 Å². The van der Waals surface area contributed by atoms with Gasteiger partial charge in [-0.2, -0.15) is 0 Å². The molecule has 0 spiro atoms. The number of carbonyl (C=O) groups excluding carboxylic acids is 4. The predicted octanol–water partition coefficient (Wildman–Crippen LogP) is 6.77. The Balaban J connectivity index is 1.02. The lowest BCUT2D eigenvalue weighted by Gasteiger charge is -2.30. The second kappa shape index (κ2) is 17.1. The smallest absolute Gasteiger partial charge is 0.407 e. The number of methoxy groups -OCH3 is 2. The Hall–Kier alpha value is -6.25. The number of ether oxygens (including phenoxy) is 2. The third-order valence-electron chi connectivity index (χ3n) is 11.2. The first-order valence-electron chi connectivity index (χ1n) is 19.9.